The lowest BCUT2D eigenvalue weighted by Gasteiger charge is -2.16. The van der Waals surface area contributed by atoms with Crippen molar-refractivity contribution in [1.82, 2.24) is 10.3 Å². The molecule has 1 aromatic heterocycles. The lowest BCUT2D eigenvalue weighted by molar-refractivity contribution is 0.0937. The van der Waals surface area contributed by atoms with Crippen LogP contribution in [0.4, 0.5) is 0 Å². The molecule has 0 radical (unpaired) electrons. The fourth-order valence-electron chi connectivity index (χ4n) is 2.82. The molecule has 1 N–H and O–H groups in total. The Morgan fingerprint density at radius 3 is 2.79 bits per heavy atom. The summed E-state index contributed by atoms with van der Waals surface area (Å²) in [5, 5.41) is 3.89. The molecule has 0 saturated heterocycles. The molecule has 3 aromatic rings. The molecule has 28 heavy (non-hydrogen) atoms. The number of nitrogens with one attached hydrogen (secondary N) is 1. The second-order valence-electron chi connectivity index (χ2n) is 6.22. The molecule has 0 fully saturated rings. The first-order valence-electron chi connectivity index (χ1n) is 8.69. The van der Waals surface area contributed by atoms with Crippen LogP contribution >= 0.6 is 27.7 Å². The van der Waals surface area contributed by atoms with Gasteiger partial charge in [-0.1, -0.05) is 30.0 Å². The summed E-state index contributed by atoms with van der Waals surface area (Å²) in [6.45, 7) is 2.18. The molecule has 1 unspecified atom stereocenters. The van der Waals surface area contributed by atoms with Crippen LogP contribution in [0.25, 0.3) is 0 Å². The van der Waals surface area contributed by atoms with Crippen molar-refractivity contribution in [1.29, 1.82) is 0 Å². The van der Waals surface area contributed by atoms with E-state index in [1.807, 2.05) is 61.5 Å². The van der Waals surface area contributed by atoms with Gasteiger partial charge in [0.1, 0.15) is 5.03 Å². The van der Waals surface area contributed by atoms with Gasteiger partial charge in [-0.25, -0.2) is 4.98 Å². The molecule has 0 aliphatic carbocycles. The highest BCUT2D eigenvalue weighted by Crippen LogP contribution is 2.34. The maximum atomic E-state index is 12.9. The van der Waals surface area contributed by atoms with E-state index < -0.39 is 0 Å². The first-order valence-corrected chi connectivity index (χ1v) is 10.3. The van der Waals surface area contributed by atoms with Crippen LogP contribution in [0.3, 0.4) is 0 Å². The lowest BCUT2D eigenvalue weighted by Crippen LogP contribution is -2.27. The Bertz CT molecular complexity index is 1010. The number of aromatic nitrogens is 1. The Morgan fingerprint density at radius 2 is 1.96 bits per heavy atom. The molecular formula is C21H17BrN2O3S. The van der Waals surface area contributed by atoms with Gasteiger partial charge < -0.3 is 14.8 Å². The van der Waals surface area contributed by atoms with E-state index in [9.17, 15) is 4.79 Å². The molecule has 142 valence electrons. The third-order valence-electron chi connectivity index (χ3n) is 4.29. The van der Waals surface area contributed by atoms with Crippen molar-refractivity contribution in [3.63, 3.8) is 0 Å². The highest BCUT2D eigenvalue weighted by Gasteiger charge is 2.19. The van der Waals surface area contributed by atoms with Gasteiger partial charge in [0.25, 0.3) is 5.91 Å². The number of pyridine rings is 1. The summed E-state index contributed by atoms with van der Waals surface area (Å²) in [5.41, 5.74) is 1.57. The molecule has 1 aliphatic rings. The zero-order valence-electron chi connectivity index (χ0n) is 15.0. The van der Waals surface area contributed by atoms with E-state index >= 15 is 0 Å². The molecule has 5 nitrogen and oxygen atoms in total. The number of benzene rings is 2. The van der Waals surface area contributed by atoms with Crippen molar-refractivity contribution in [2.75, 3.05) is 6.79 Å². The summed E-state index contributed by atoms with van der Waals surface area (Å²) in [6, 6.07) is 16.9. The number of halogens is 1. The molecule has 4 rings (SSSR count). The highest BCUT2D eigenvalue weighted by molar-refractivity contribution is 9.10. The average molecular weight is 457 g/mol. The Balaban J connectivity index is 1.51. The summed E-state index contributed by atoms with van der Waals surface area (Å²) in [4.78, 5) is 18.1. The average Bonchev–Trinajstić information content (AvgIpc) is 3.18. The second kappa shape index (κ2) is 8.24. The van der Waals surface area contributed by atoms with Crippen LogP contribution in [-0.2, 0) is 0 Å². The minimum atomic E-state index is -0.175. The third-order valence-corrected chi connectivity index (χ3v) is 5.79. The SMILES string of the molecule is CC(NC(=O)c1ccccc1Sc1ccc(Br)cn1)c1ccc2c(c1)OCO2. The van der Waals surface area contributed by atoms with Crippen LogP contribution in [0.5, 0.6) is 11.5 Å². The number of nitrogens with zero attached hydrogens (tertiary/aromatic N) is 1. The van der Waals surface area contributed by atoms with Crippen molar-refractivity contribution in [3.05, 3.63) is 76.4 Å². The van der Waals surface area contributed by atoms with Gasteiger partial charge in [0.15, 0.2) is 11.5 Å². The summed E-state index contributed by atoms with van der Waals surface area (Å²) in [5.74, 6) is 1.30. The number of ether oxygens (including phenoxy) is 2. The van der Waals surface area contributed by atoms with Gasteiger partial charge in [0.2, 0.25) is 6.79 Å². The van der Waals surface area contributed by atoms with E-state index in [0.29, 0.717) is 11.3 Å². The minimum Gasteiger partial charge on any atom is -0.454 e. The van der Waals surface area contributed by atoms with Gasteiger partial charge in [-0.2, -0.15) is 0 Å². The molecule has 7 heteroatoms. The predicted molar refractivity (Wildman–Crippen MR) is 111 cm³/mol. The van der Waals surface area contributed by atoms with Crippen LogP contribution in [0.1, 0.15) is 28.9 Å². The first-order chi connectivity index (χ1) is 13.6. The van der Waals surface area contributed by atoms with Crippen molar-refractivity contribution in [2.24, 2.45) is 0 Å². The van der Waals surface area contributed by atoms with E-state index in [1.54, 1.807) is 6.20 Å². The maximum Gasteiger partial charge on any atom is 0.252 e. The zero-order chi connectivity index (χ0) is 19.5. The Hall–Kier alpha value is -2.51. The Morgan fingerprint density at radius 1 is 1.14 bits per heavy atom. The molecule has 1 amide bonds. The van der Waals surface area contributed by atoms with Gasteiger partial charge in [-0.3, -0.25) is 4.79 Å². The summed E-state index contributed by atoms with van der Waals surface area (Å²) >= 11 is 4.84. The second-order valence-corrected chi connectivity index (χ2v) is 8.20. The minimum absolute atomic E-state index is 0.134. The van der Waals surface area contributed by atoms with Crippen molar-refractivity contribution in [3.8, 4) is 11.5 Å². The van der Waals surface area contributed by atoms with Gasteiger partial charge in [-0.05, 0) is 64.8 Å². The van der Waals surface area contributed by atoms with Crippen LogP contribution in [-0.4, -0.2) is 17.7 Å². The van der Waals surface area contributed by atoms with Crippen molar-refractivity contribution >= 4 is 33.6 Å². The van der Waals surface area contributed by atoms with Crippen LogP contribution in [0.15, 0.2) is 75.2 Å². The monoisotopic (exact) mass is 456 g/mol. The topological polar surface area (TPSA) is 60.5 Å². The number of carbonyl (C=O) groups excluding carboxylic acids is 1. The van der Waals surface area contributed by atoms with Gasteiger partial charge in [0, 0.05) is 15.6 Å². The molecule has 0 bridgehead atoms. The predicted octanol–water partition coefficient (Wildman–Crippen LogP) is 5.22. The van der Waals surface area contributed by atoms with Gasteiger partial charge in [-0.15, -0.1) is 0 Å². The summed E-state index contributed by atoms with van der Waals surface area (Å²) in [7, 11) is 0. The molecule has 2 heterocycles. The molecular weight excluding hydrogens is 440 g/mol. The number of rotatable bonds is 5. The maximum absolute atomic E-state index is 12.9. The molecule has 2 aromatic carbocycles. The number of amides is 1. The fraction of sp³-hybridized carbons (Fsp3) is 0.143. The summed E-state index contributed by atoms with van der Waals surface area (Å²) in [6.07, 6.45) is 1.74. The summed E-state index contributed by atoms with van der Waals surface area (Å²) < 4.78 is 11.7. The van der Waals surface area contributed by atoms with E-state index in [1.165, 1.54) is 11.8 Å². The smallest absolute Gasteiger partial charge is 0.252 e. The zero-order valence-corrected chi connectivity index (χ0v) is 17.4. The van der Waals surface area contributed by atoms with Crippen LogP contribution in [0.2, 0.25) is 0 Å². The highest BCUT2D eigenvalue weighted by atomic mass is 79.9. The van der Waals surface area contributed by atoms with E-state index in [0.717, 1.165) is 25.7 Å². The van der Waals surface area contributed by atoms with Crippen LogP contribution < -0.4 is 14.8 Å². The number of carbonyl (C=O) groups is 1. The quantitative estimate of drug-likeness (QED) is 0.570. The van der Waals surface area contributed by atoms with Gasteiger partial charge in [0.05, 0.1) is 11.6 Å². The standard InChI is InChI=1S/C21H17BrN2O3S/c1-13(14-6-8-17-18(10-14)27-12-26-17)24-21(25)16-4-2-3-5-19(16)28-20-9-7-15(22)11-23-20/h2-11,13H,12H2,1H3,(H,24,25). The molecule has 1 aliphatic heterocycles. The van der Waals surface area contributed by atoms with Crippen LogP contribution in [0, 0.1) is 0 Å². The molecule has 0 saturated carbocycles. The normalized spacial score (nSPS) is 13.2. The Labute approximate surface area is 175 Å². The van der Waals surface area contributed by atoms with E-state index in [4.69, 9.17) is 9.47 Å². The lowest BCUT2D eigenvalue weighted by atomic mass is 10.1. The number of fused-ring (bicyclic) bond motifs is 1. The largest absolute Gasteiger partial charge is 0.454 e. The molecule has 1 atom stereocenters. The fourth-order valence-corrected chi connectivity index (χ4v) is 3.94. The number of hydrogen-bond donors (Lipinski definition) is 1. The van der Waals surface area contributed by atoms with Crippen molar-refractivity contribution < 1.29 is 14.3 Å². The first kappa shape index (κ1) is 18.8. The number of hydrogen-bond acceptors (Lipinski definition) is 5. The Kier molecular flexibility index (Phi) is 5.54. The molecule has 0 spiro atoms. The van der Waals surface area contributed by atoms with E-state index in [2.05, 4.69) is 26.2 Å². The van der Waals surface area contributed by atoms with Crippen molar-refractivity contribution in [2.45, 2.75) is 22.9 Å². The third kappa shape index (κ3) is 4.15. The van der Waals surface area contributed by atoms with Gasteiger partial charge >= 0.3 is 0 Å². The van der Waals surface area contributed by atoms with E-state index in [-0.39, 0.29) is 18.7 Å².